The van der Waals surface area contributed by atoms with Gasteiger partial charge in [0.05, 0.1) is 17.2 Å². The molecule has 124 valence electrons. The number of hydrogen-bond donors (Lipinski definition) is 1. The van der Waals surface area contributed by atoms with E-state index in [-0.39, 0.29) is 18.9 Å². The molecule has 5 nitrogen and oxygen atoms in total. The maximum atomic E-state index is 12.7. The van der Waals surface area contributed by atoms with Gasteiger partial charge in [-0.3, -0.25) is 0 Å². The fraction of sp³-hybridized carbons (Fsp3) is 0.286. The van der Waals surface area contributed by atoms with E-state index in [4.69, 9.17) is 21.6 Å². The molecule has 23 heavy (non-hydrogen) atoms. The summed E-state index contributed by atoms with van der Waals surface area (Å²) < 4.78 is 47.6. The Kier molecular flexibility index (Phi) is 6.88. The number of esters is 1. The highest BCUT2D eigenvalue weighted by Gasteiger charge is 2.33. The number of methoxy groups -OCH3 is 1. The van der Waals surface area contributed by atoms with Gasteiger partial charge in [-0.1, -0.05) is 11.6 Å². The zero-order valence-electron chi connectivity index (χ0n) is 11.9. The van der Waals surface area contributed by atoms with Crippen LogP contribution in [0.4, 0.5) is 18.9 Å². The molecule has 0 aliphatic rings. The summed E-state index contributed by atoms with van der Waals surface area (Å²) in [6.45, 7) is 0.109. The van der Waals surface area contributed by atoms with Crippen LogP contribution in [-0.4, -0.2) is 26.3 Å². The van der Waals surface area contributed by atoms with E-state index >= 15 is 0 Å². The second kappa shape index (κ2) is 8.41. The molecular formula is C14H12ClF3N2O3. The largest absolute Gasteiger partial charge is 0.459 e. The minimum atomic E-state index is -4.62. The molecule has 0 amide bonds. The van der Waals surface area contributed by atoms with E-state index in [1.807, 2.05) is 0 Å². The van der Waals surface area contributed by atoms with Crippen LogP contribution in [-0.2, 0) is 20.4 Å². The Hall–Kier alpha value is -2.24. The zero-order valence-corrected chi connectivity index (χ0v) is 12.7. The van der Waals surface area contributed by atoms with Gasteiger partial charge in [0.1, 0.15) is 12.7 Å². The summed E-state index contributed by atoms with van der Waals surface area (Å²) in [5.41, 5.74) is -1.41. The molecule has 1 aromatic rings. The normalized spacial score (nSPS) is 11.7. The van der Waals surface area contributed by atoms with E-state index in [0.29, 0.717) is 0 Å². The molecule has 0 aromatic heterocycles. The van der Waals surface area contributed by atoms with Crippen molar-refractivity contribution in [2.24, 2.45) is 0 Å². The quantitative estimate of drug-likeness (QED) is 0.369. The number of nitrogens with zero attached hydrogens (tertiary/aromatic N) is 1. The van der Waals surface area contributed by atoms with Gasteiger partial charge in [-0.2, -0.15) is 18.4 Å². The summed E-state index contributed by atoms with van der Waals surface area (Å²) in [6, 6.07) is 4.69. The van der Waals surface area contributed by atoms with Crippen LogP contribution in [0.1, 0.15) is 5.56 Å². The highest BCUT2D eigenvalue weighted by Crippen LogP contribution is 2.36. The molecule has 0 atom stereocenters. The average Bonchev–Trinajstić information content (AvgIpc) is 2.48. The second-order valence-electron chi connectivity index (χ2n) is 4.14. The lowest BCUT2D eigenvalue weighted by Gasteiger charge is -2.11. The van der Waals surface area contributed by atoms with Gasteiger partial charge in [0.15, 0.2) is 5.57 Å². The van der Waals surface area contributed by atoms with Crippen molar-refractivity contribution in [2.45, 2.75) is 6.18 Å². The van der Waals surface area contributed by atoms with Crippen molar-refractivity contribution < 1.29 is 27.4 Å². The van der Waals surface area contributed by atoms with Gasteiger partial charge < -0.3 is 14.8 Å². The van der Waals surface area contributed by atoms with Gasteiger partial charge >= 0.3 is 12.1 Å². The van der Waals surface area contributed by atoms with E-state index in [2.05, 4.69) is 10.1 Å². The lowest BCUT2D eigenvalue weighted by molar-refractivity contribution is -0.140. The fourth-order valence-corrected chi connectivity index (χ4v) is 1.64. The van der Waals surface area contributed by atoms with E-state index in [0.717, 1.165) is 18.3 Å². The van der Waals surface area contributed by atoms with Crippen molar-refractivity contribution in [1.82, 2.24) is 0 Å². The second-order valence-corrected chi connectivity index (χ2v) is 4.54. The molecule has 0 fully saturated rings. The van der Waals surface area contributed by atoms with Crippen LogP contribution in [0.25, 0.3) is 0 Å². The molecule has 0 spiro atoms. The Bertz CT molecular complexity index is 639. The van der Waals surface area contributed by atoms with Crippen molar-refractivity contribution in [3.05, 3.63) is 40.6 Å². The number of nitrogens with one attached hydrogen (secondary N) is 1. The van der Waals surface area contributed by atoms with Crippen molar-refractivity contribution in [3.8, 4) is 6.07 Å². The number of ether oxygens (including phenoxy) is 2. The van der Waals surface area contributed by atoms with Crippen molar-refractivity contribution in [3.63, 3.8) is 0 Å². The number of anilines is 1. The summed E-state index contributed by atoms with van der Waals surface area (Å²) in [6.07, 6.45) is -3.66. The first-order valence-electron chi connectivity index (χ1n) is 6.19. The predicted octanol–water partition coefficient (Wildman–Crippen LogP) is 3.37. The molecule has 0 saturated heterocycles. The standard InChI is InChI=1S/C14H12ClF3N2O3/c1-22-4-5-23-13(21)9(7-19)8-20-10-2-3-12(15)11(6-10)14(16,17)18/h2-3,6,8,20H,4-5H2,1H3. The molecular weight excluding hydrogens is 337 g/mol. The Morgan fingerprint density at radius 1 is 1.43 bits per heavy atom. The number of nitriles is 1. The predicted molar refractivity (Wildman–Crippen MR) is 76.6 cm³/mol. The van der Waals surface area contributed by atoms with Crippen LogP contribution in [0.2, 0.25) is 5.02 Å². The van der Waals surface area contributed by atoms with Gasteiger partial charge in [-0.25, -0.2) is 4.79 Å². The summed E-state index contributed by atoms with van der Waals surface area (Å²) >= 11 is 5.49. The number of alkyl halides is 3. The Morgan fingerprint density at radius 3 is 2.70 bits per heavy atom. The SMILES string of the molecule is COCCOC(=O)C(C#N)=CNc1ccc(Cl)c(C(F)(F)F)c1. The Morgan fingerprint density at radius 2 is 2.13 bits per heavy atom. The number of hydrogen-bond acceptors (Lipinski definition) is 5. The van der Waals surface area contributed by atoms with E-state index < -0.39 is 28.3 Å². The minimum Gasteiger partial charge on any atom is -0.459 e. The molecule has 1 rings (SSSR count). The highest BCUT2D eigenvalue weighted by molar-refractivity contribution is 6.31. The monoisotopic (exact) mass is 348 g/mol. The molecule has 1 N–H and O–H groups in total. The molecule has 0 aliphatic heterocycles. The first-order chi connectivity index (χ1) is 10.8. The minimum absolute atomic E-state index is 0.0131. The molecule has 0 radical (unpaired) electrons. The van der Waals surface area contributed by atoms with E-state index in [1.54, 1.807) is 6.07 Å². The molecule has 0 bridgehead atoms. The lowest BCUT2D eigenvalue weighted by atomic mass is 10.2. The third kappa shape index (κ3) is 5.81. The third-order valence-corrected chi connectivity index (χ3v) is 2.85. The Balaban J connectivity index is 2.86. The van der Waals surface area contributed by atoms with E-state index in [1.165, 1.54) is 13.2 Å². The molecule has 0 aliphatic carbocycles. The van der Waals surface area contributed by atoms with Crippen molar-refractivity contribution >= 4 is 23.3 Å². The van der Waals surface area contributed by atoms with E-state index in [9.17, 15) is 18.0 Å². The summed E-state index contributed by atoms with van der Waals surface area (Å²) in [5, 5.41) is 10.8. The molecule has 9 heteroatoms. The van der Waals surface area contributed by atoms with Gasteiger partial charge in [0.25, 0.3) is 0 Å². The number of carbonyl (C=O) groups is 1. The lowest BCUT2D eigenvalue weighted by Crippen LogP contribution is -2.12. The number of carbonyl (C=O) groups excluding carboxylic acids is 1. The molecule has 0 heterocycles. The highest BCUT2D eigenvalue weighted by atomic mass is 35.5. The van der Waals surface area contributed by atoms with Gasteiger partial charge in [-0.05, 0) is 18.2 Å². The third-order valence-electron chi connectivity index (χ3n) is 2.52. The number of benzene rings is 1. The van der Waals surface area contributed by atoms with Crippen LogP contribution in [0, 0.1) is 11.3 Å². The summed E-state index contributed by atoms with van der Waals surface area (Å²) in [4.78, 5) is 11.5. The molecule has 0 saturated carbocycles. The summed E-state index contributed by atoms with van der Waals surface area (Å²) in [7, 11) is 1.41. The van der Waals surface area contributed by atoms with Gasteiger partial charge in [-0.15, -0.1) is 0 Å². The maximum Gasteiger partial charge on any atom is 0.417 e. The van der Waals surface area contributed by atoms with Crippen LogP contribution in [0.15, 0.2) is 30.0 Å². The average molecular weight is 349 g/mol. The van der Waals surface area contributed by atoms with Gasteiger partial charge in [0, 0.05) is 19.0 Å². The van der Waals surface area contributed by atoms with Crippen LogP contribution >= 0.6 is 11.6 Å². The number of rotatable bonds is 6. The first kappa shape index (κ1) is 18.8. The Labute approximate surface area is 135 Å². The van der Waals surface area contributed by atoms with Crippen LogP contribution in [0.3, 0.4) is 0 Å². The van der Waals surface area contributed by atoms with Crippen molar-refractivity contribution in [1.29, 1.82) is 5.26 Å². The van der Waals surface area contributed by atoms with Crippen molar-refractivity contribution in [2.75, 3.05) is 25.6 Å². The zero-order chi connectivity index (χ0) is 17.5. The first-order valence-corrected chi connectivity index (χ1v) is 6.57. The summed E-state index contributed by atoms with van der Waals surface area (Å²) in [5.74, 6) is -0.915. The fourth-order valence-electron chi connectivity index (χ4n) is 1.42. The van der Waals surface area contributed by atoms with Gasteiger partial charge in [0.2, 0.25) is 0 Å². The van der Waals surface area contributed by atoms with Crippen LogP contribution in [0.5, 0.6) is 0 Å². The topological polar surface area (TPSA) is 71.3 Å². The maximum absolute atomic E-state index is 12.7. The number of halogens is 4. The molecule has 0 unspecified atom stereocenters. The van der Waals surface area contributed by atoms with Crippen LogP contribution < -0.4 is 5.32 Å². The molecule has 1 aromatic carbocycles. The smallest absolute Gasteiger partial charge is 0.417 e.